The van der Waals surface area contributed by atoms with Crippen LogP contribution in [0, 0.1) is 5.82 Å². The third-order valence-electron chi connectivity index (χ3n) is 4.15. The standard InChI is InChI=1S/C20H20FN3O3/c1-13(14-6-8-16(21)9-7-14)10-18(25)22-12-19-23-24-20(27-19)15-4-3-5-17(11-15)26-2/h3-9,11,13H,10,12H2,1-2H3,(H,22,25). The Bertz CT molecular complexity index is 909. The van der Waals surface area contributed by atoms with Crippen LogP contribution in [0.3, 0.4) is 0 Å². The second-order valence-electron chi connectivity index (χ2n) is 6.17. The van der Waals surface area contributed by atoms with Crippen molar-refractivity contribution in [1.29, 1.82) is 0 Å². The number of rotatable bonds is 7. The summed E-state index contributed by atoms with van der Waals surface area (Å²) < 4.78 is 23.7. The first-order chi connectivity index (χ1) is 13.0. The SMILES string of the molecule is COc1cccc(-c2nnc(CNC(=O)CC(C)c3ccc(F)cc3)o2)c1. The zero-order valence-corrected chi connectivity index (χ0v) is 15.1. The molecule has 1 heterocycles. The van der Waals surface area contributed by atoms with E-state index in [-0.39, 0.29) is 30.6 Å². The van der Waals surface area contributed by atoms with Crippen LogP contribution in [0.2, 0.25) is 0 Å². The summed E-state index contributed by atoms with van der Waals surface area (Å²) in [6.07, 6.45) is 0.280. The Balaban J connectivity index is 1.54. The minimum absolute atomic E-state index is 0.0272. The van der Waals surface area contributed by atoms with E-state index >= 15 is 0 Å². The summed E-state index contributed by atoms with van der Waals surface area (Å²) in [5.41, 5.74) is 1.65. The van der Waals surface area contributed by atoms with Crippen molar-refractivity contribution in [2.24, 2.45) is 0 Å². The van der Waals surface area contributed by atoms with Gasteiger partial charge in [-0.2, -0.15) is 0 Å². The zero-order valence-electron chi connectivity index (χ0n) is 15.1. The van der Waals surface area contributed by atoms with Gasteiger partial charge in [0, 0.05) is 12.0 Å². The summed E-state index contributed by atoms with van der Waals surface area (Å²) >= 11 is 0. The quantitative estimate of drug-likeness (QED) is 0.687. The normalized spacial score (nSPS) is 11.8. The van der Waals surface area contributed by atoms with E-state index in [1.807, 2.05) is 25.1 Å². The maximum atomic E-state index is 13.0. The highest BCUT2D eigenvalue weighted by molar-refractivity contribution is 5.76. The Morgan fingerprint density at radius 1 is 1.22 bits per heavy atom. The van der Waals surface area contributed by atoms with E-state index in [1.165, 1.54) is 12.1 Å². The average Bonchev–Trinajstić information content (AvgIpc) is 3.16. The van der Waals surface area contributed by atoms with Crippen LogP contribution in [0.5, 0.6) is 5.75 Å². The van der Waals surface area contributed by atoms with Gasteiger partial charge in [0.25, 0.3) is 0 Å². The van der Waals surface area contributed by atoms with Gasteiger partial charge < -0.3 is 14.5 Å². The lowest BCUT2D eigenvalue weighted by Gasteiger charge is -2.11. The van der Waals surface area contributed by atoms with Gasteiger partial charge in [-0.05, 0) is 41.8 Å². The van der Waals surface area contributed by atoms with Gasteiger partial charge in [0.1, 0.15) is 11.6 Å². The van der Waals surface area contributed by atoms with Gasteiger partial charge in [-0.3, -0.25) is 4.79 Å². The monoisotopic (exact) mass is 369 g/mol. The number of hydrogen-bond acceptors (Lipinski definition) is 5. The summed E-state index contributed by atoms with van der Waals surface area (Å²) in [5.74, 6) is 0.899. The number of aromatic nitrogens is 2. The van der Waals surface area contributed by atoms with E-state index in [2.05, 4.69) is 15.5 Å². The highest BCUT2D eigenvalue weighted by atomic mass is 19.1. The molecular formula is C20H20FN3O3. The van der Waals surface area contributed by atoms with Crippen molar-refractivity contribution in [3.05, 3.63) is 65.8 Å². The lowest BCUT2D eigenvalue weighted by Crippen LogP contribution is -2.24. The minimum atomic E-state index is -0.293. The van der Waals surface area contributed by atoms with Gasteiger partial charge in [0.05, 0.1) is 13.7 Å². The van der Waals surface area contributed by atoms with E-state index in [1.54, 1.807) is 25.3 Å². The van der Waals surface area contributed by atoms with E-state index in [4.69, 9.17) is 9.15 Å². The number of methoxy groups -OCH3 is 1. The number of hydrogen-bond donors (Lipinski definition) is 1. The molecule has 1 amide bonds. The maximum Gasteiger partial charge on any atom is 0.247 e. The Morgan fingerprint density at radius 3 is 2.74 bits per heavy atom. The number of benzene rings is 2. The molecule has 2 aromatic carbocycles. The Labute approximate surface area is 156 Å². The van der Waals surface area contributed by atoms with Crippen LogP contribution in [-0.4, -0.2) is 23.2 Å². The fourth-order valence-electron chi connectivity index (χ4n) is 2.63. The molecule has 0 saturated carbocycles. The summed E-state index contributed by atoms with van der Waals surface area (Å²) in [6, 6.07) is 13.4. The van der Waals surface area contributed by atoms with E-state index in [0.717, 1.165) is 11.1 Å². The van der Waals surface area contributed by atoms with Crippen LogP contribution in [-0.2, 0) is 11.3 Å². The van der Waals surface area contributed by atoms with Gasteiger partial charge in [-0.15, -0.1) is 10.2 Å². The molecule has 0 aliphatic carbocycles. The van der Waals surface area contributed by atoms with Gasteiger partial charge in [0.2, 0.25) is 17.7 Å². The fraction of sp³-hybridized carbons (Fsp3) is 0.250. The smallest absolute Gasteiger partial charge is 0.247 e. The van der Waals surface area contributed by atoms with Crippen molar-refractivity contribution in [3.63, 3.8) is 0 Å². The van der Waals surface area contributed by atoms with Gasteiger partial charge in [0.15, 0.2) is 0 Å². The molecule has 6 nitrogen and oxygen atoms in total. The molecule has 1 N–H and O–H groups in total. The van der Waals surface area contributed by atoms with Crippen LogP contribution < -0.4 is 10.1 Å². The van der Waals surface area contributed by atoms with Crippen LogP contribution >= 0.6 is 0 Å². The second-order valence-corrected chi connectivity index (χ2v) is 6.17. The summed E-state index contributed by atoms with van der Waals surface area (Å²) in [6.45, 7) is 2.06. The van der Waals surface area contributed by atoms with Crippen LogP contribution in [0.4, 0.5) is 4.39 Å². The molecule has 3 aromatic rings. The van der Waals surface area contributed by atoms with Crippen molar-refractivity contribution in [3.8, 4) is 17.2 Å². The Kier molecular flexibility index (Phi) is 5.80. The first kappa shape index (κ1) is 18.6. The third kappa shape index (κ3) is 4.91. The van der Waals surface area contributed by atoms with E-state index < -0.39 is 0 Å². The molecule has 0 spiro atoms. The molecule has 0 saturated heterocycles. The largest absolute Gasteiger partial charge is 0.497 e. The highest BCUT2D eigenvalue weighted by Gasteiger charge is 2.14. The minimum Gasteiger partial charge on any atom is -0.497 e. The maximum absolute atomic E-state index is 13.0. The topological polar surface area (TPSA) is 77.3 Å². The van der Waals surface area contributed by atoms with Crippen molar-refractivity contribution in [1.82, 2.24) is 15.5 Å². The molecule has 1 aromatic heterocycles. The van der Waals surface area contributed by atoms with Crippen molar-refractivity contribution in [2.75, 3.05) is 7.11 Å². The molecule has 3 rings (SSSR count). The number of nitrogens with one attached hydrogen (secondary N) is 1. The average molecular weight is 369 g/mol. The molecule has 0 bridgehead atoms. The van der Waals surface area contributed by atoms with Crippen molar-refractivity contribution < 1.29 is 18.3 Å². The molecule has 7 heteroatoms. The molecule has 0 aliphatic rings. The van der Waals surface area contributed by atoms with Gasteiger partial charge >= 0.3 is 0 Å². The number of carbonyl (C=O) groups excluding carboxylic acids is 1. The zero-order chi connectivity index (χ0) is 19.2. The number of ether oxygens (including phenoxy) is 1. The molecule has 0 aliphatic heterocycles. The van der Waals surface area contributed by atoms with Crippen molar-refractivity contribution >= 4 is 5.91 Å². The second kappa shape index (κ2) is 8.44. The lowest BCUT2D eigenvalue weighted by atomic mass is 9.97. The fourth-order valence-corrected chi connectivity index (χ4v) is 2.63. The number of nitrogens with zero attached hydrogens (tertiary/aromatic N) is 2. The van der Waals surface area contributed by atoms with Crippen LogP contribution in [0.25, 0.3) is 11.5 Å². The predicted octanol–water partition coefficient (Wildman–Crippen LogP) is 3.69. The molecule has 1 atom stereocenters. The van der Waals surface area contributed by atoms with Crippen LogP contribution in [0.15, 0.2) is 52.9 Å². The molecular weight excluding hydrogens is 349 g/mol. The van der Waals surface area contributed by atoms with Crippen LogP contribution in [0.1, 0.15) is 30.7 Å². The number of halogens is 1. The van der Waals surface area contributed by atoms with Gasteiger partial charge in [-0.1, -0.05) is 25.1 Å². The van der Waals surface area contributed by atoms with Gasteiger partial charge in [-0.25, -0.2) is 4.39 Å². The molecule has 0 fully saturated rings. The lowest BCUT2D eigenvalue weighted by molar-refractivity contribution is -0.121. The Morgan fingerprint density at radius 2 is 2.00 bits per heavy atom. The van der Waals surface area contributed by atoms with E-state index in [0.29, 0.717) is 17.5 Å². The summed E-state index contributed by atoms with van der Waals surface area (Å²) in [5, 5.41) is 10.7. The molecule has 140 valence electrons. The third-order valence-corrected chi connectivity index (χ3v) is 4.15. The summed E-state index contributed by atoms with van der Waals surface area (Å²) in [7, 11) is 1.58. The first-order valence-corrected chi connectivity index (χ1v) is 8.54. The Hall–Kier alpha value is -3.22. The number of amides is 1. The molecule has 1 unspecified atom stereocenters. The first-order valence-electron chi connectivity index (χ1n) is 8.54. The number of carbonyl (C=O) groups is 1. The predicted molar refractivity (Wildman–Crippen MR) is 97.6 cm³/mol. The van der Waals surface area contributed by atoms with E-state index in [9.17, 15) is 9.18 Å². The molecule has 27 heavy (non-hydrogen) atoms. The summed E-state index contributed by atoms with van der Waals surface area (Å²) in [4.78, 5) is 12.1. The van der Waals surface area contributed by atoms with Crippen molar-refractivity contribution in [2.45, 2.75) is 25.8 Å². The highest BCUT2D eigenvalue weighted by Crippen LogP contribution is 2.23. The molecule has 0 radical (unpaired) electrons.